The van der Waals surface area contributed by atoms with E-state index in [1.807, 2.05) is 13.8 Å². The predicted octanol–water partition coefficient (Wildman–Crippen LogP) is 2.79. The number of aliphatic hydroxyl groups is 1. The average Bonchev–Trinajstić information content (AvgIpc) is 2.70. The van der Waals surface area contributed by atoms with Crippen LogP contribution in [0.4, 0.5) is 0 Å². The van der Waals surface area contributed by atoms with E-state index in [0.29, 0.717) is 30.5 Å². The van der Waals surface area contributed by atoms with Crippen LogP contribution in [0.3, 0.4) is 0 Å². The number of aromatic nitrogens is 2. The number of hydrogen-bond donors (Lipinski definition) is 2. The average molecular weight is 328 g/mol. The van der Waals surface area contributed by atoms with Crippen LogP contribution >= 0.6 is 11.6 Å². The number of amides is 1. The van der Waals surface area contributed by atoms with Crippen LogP contribution in [0.5, 0.6) is 0 Å². The number of carbonyl (C=O) groups excluding carboxylic acids is 1. The Balaban J connectivity index is 2.62. The van der Waals surface area contributed by atoms with Crippen LogP contribution < -0.4 is 5.32 Å². The van der Waals surface area contributed by atoms with Crippen molar-refractivity contribution in [2.45, 2.75) is 53.2 Å². The van der Waals surface area contributed by atoms with E-state index in [4.69, 9.17) is 11.6 Å². The van der Waals surface area contributed by atoms with E-state index in [0.717, 1.165) is 17.8 Å². The third kappa shape index (κ3) is 5.81. The van der Waals surface area contributed by atoms with Gasteiger partial charge in [0.1, 0.15) is 5.15 Å². The zero-order chi connectivity index (χ0) is 16.7. The van der Waals surface area contributed by atoms with Gasteiger partial charge in [-0.15, -0.1) is 0 Å². The Morgan fingerprint density at radius 2 is 2.18 bits per heavy atom. The molecule has 2 N–H and O–H groups in total. The molecule has 6 heteroatoms. The van der Waals surface area contributed by atoms with Gasteiger partial charge in [-0.1, -0.05) is 32.4 Å². The summed E-state index contributed by atoms with van der Waals surface area (Å²) in [5.41, 5.74) is 1.57. The van der Waals surface area contributed by atoms with Crippen molar-refractivity contribution in [1.82, 2.24) is 15.1 Å². The number of aliphatic hydroxyl groups excluding tert-OH is 1. The number of hydrogen-bond acceptors (Lipinski definition) is 3. The number of rotatable bonds is 8. The highest BCUT2D eigenvalue weighted by Gasteiger charge is 2.12. The SMILES string of the molecule is CCC(O)CCNC(=O)/C=C/c1c(C)nn(CC(C)C)c1Cl. The van der Waals surface area contributed by atoms with Crippen molar-refractivity contribution in [2.75, 3.05) is 6.54 Å². The van der Waals surface area contributed by atoms with Gasteiger partial charge in [0, 0.05) is 24.7 Å². The molecular formula is C16H26ClN3O2. The Hall–Kier alpha value is -1.33. The fourth-order valence-electron chi connectivity index (χ4n) is 2.01. The second kappa shape index (κ2) is 8.96. The Kier molecular flexibility index (Phi) is 7.62. The molecule has 1 aromatic rings. The lowest BCUT2D eigenvalue weighted by atomic mass is 10.2. The third-order valence-corrected chi connectivity index (χ3v) is 3.70. The topological polar surface area (TPSA) is 67.2 Å². The van der Waals surface area contributed by atoms with E-state index in [1.54, 1.807) is 10.8 Å². The normalized spacial score (nSPS) is 13.0. The van der Waals surface area contributed by atoms with Crippen LogP contribution in [0, 0.1) is 12.8 Å². The minimum absolute atomic E-state index is 0.199. The number of nitrogens with zero attached hydrogens (tertiary/aromatic N) is 2. The highest BCUT2D eigenvalue weighted by atomic mass is 35.5. The molecule has 0 aromatic carbocycles. The molecule has 0 spiro atoms. The molecule has 1 heterocycles. The van der Waals surface area contributed by atoms with Crippen molar-refractivity contribution in [3.63, 3.8) is 0 Å². The predicted molar refractivity (Wildman–Crippen MR) is 89.8 cm³/mol. The molecule has 1 atom stereocenters. The highest BCUT2D eigenvalue weighted by Crippen LogP contribution is 2.22. The summed E-state index contributed by atoms with van der Waals surface area (Å²) >= 11 is 6.31. The summed E-state index contributed by atoms with van der Waals surface area (Å²) in [6.45, 7) is 9.18. The molecule has 5 nitrogen and oxygen atoms in total. The Labute approximate surface area is 137 Å². The fourth-order valence-corrected chi connectivity index (χ4v) is 2.31. The number of carbonyl (C=O) groups is 1. The number of aryl methyl sites for hydroxylation is 1. The summed E-state index contributed by atoms with van der Waals surface area (Å²) in [5, 5.41) is 17.1. The Morgan fingerprint density at radius 3 is 2.77 bits per heavy atom. The summed E-state index contributed by atoms with van der Waals surface area (Å²) in [6, 6.07) is 0. The van der Waals surface area contributed by atoms with E-state index in [-0.39, 0.29) is 12.0 Å². The molecule has 0 radical (unpaired) electrons. The monoisotopic (exact) mass is 327 g/mol. The minimum atomic E-state index is -0.366. The van der Waals surface area contributed by atoms with Crippen LogP contribution in [-0.2, 0) is 11.3 Å². The second-order valence-electron chi connectivity index (χ2n) is 5.84. The van der Waals surface area contributed by atoms with Gasteiger partial charge in [-0.2, -0.15) is 5.10 Å². The van der Waals surface area contributed by atoms with Crippen molar-refractivity contribution < 1.29 is 9.90 Å². The van der Waals surface area contributed by atoms with Crippen LogP contribution in [0.2, 0.25) is 5.15 Å². The molecule has 1 amide bonds. The maximum Gasteiger partial charge on any atom is 0.244 e. The molecule has 0 bridgehead atoms. The summed E-state index contributed by atoms with van der Waals surface area (Å²) in [7, 11) is 0. The Bertz CT molecular complexity index is 524. The molecule has 1 unspecified atom stereocenters. The second-order valence-corrected chi connectivity index (χ2v) is 6.20. The van der Waals surface area contributed by atoms with E-state index in [2.05, 4.69) is 24.3 Å². The summed E-state index contributed by atoms with van der Waals surface area (Å²) in [4.78, 5) is 11.7. The molecule has 0 aliphatic heterocycles. The number of nitrogens with one attached hydrogen (secondary N) is 1. The number of halogens is 1. The van der Waals surface area contributed by atoms with Gasteiger partial charge in [-0.3, -0.25) is 9.48 Å². The molecule has 0 aliphatic carbocycles. The van der Waals surface area contributed by atoms with Crippen LogP contribution in [0.25, 0.3) is 6.08 Å². The molecule has 0 saturated heterocycles. The van der Waals surface area contributed by atoms with E-state index in [1.165, 1.54) is 6.08 Å². The van der Waals surface area contributed by atoms with Crippen LogP contribution in [0.15, 0.2) is 6.08 Å². The first-order valence-electron chi connectivity index (χ1n) is 7.72. The zero-order valence-electron chi connectivity index (χ0n) is 13.8. The largest absolute Gasteiger partial charge is 0.393 e. The molecule has 0 fully saturated rings. The summed E-state index contributed by atoms with van der Waals surface area (Å²) in [5.74, 6) is 0.248. The first-order valence-corrected chi connectivity index (χ1v) is 8.09. The van der Waals surface area contributed by atoms with Gasteiger partial charge >= 0.3 is 0 Å². The van der Waals surface area contributed by atoms with Gasteiger partial charge in [0.2, 0.25) is 5.91 Å². The molecule has 22 heavy (non-hydrogen) atoms. The quantitative estimate of drug-likeness (QED) is 0.721. The first kappa shape index (κ1) is 18.7. The lowest BCUT2D eigenvalue weighted by Crippen LogP contribution is -2.25. The van der Waals surface area contributed by atoms with Gasteiger partial charge in [0.25, 0.3) is 0 Å². The first-order chi connectivity index (χ1) is 10.3. The maximum absolute atomic E-state index is 11.7. The molecule has 1 rings (SSSR count). The van der Waals surface area contributed by atoms with E-state index >= 15 is 0 Å². The van der Waals surface area contributed by atoms with Crippen molar-refractivity contribution in [1.29, 1.82) is 0 Å². The van der Waals surface area contributed by atoms with Gasteiger partial charge in [0.05, 0.1) is 11.8 Å². The standard InChI is InChI=1S/C16H26ClN3O2/c1-5-13(21)8-9-18-15(22)7-6-14-12(4)19-20(16(14)17)10-11(2)3/h6-7,11,13,21H,5,8-10H2,1-4H3,(H,18,22)/b7-6+. The van der Waals surface area contributed by atoms with Crippen molar-refractivity contribution >= 4 is 23.6 Å². The molecule has 0 saturated carbocycles. The zero-order valence-corrected chi connectivity index (χ0v) is 14.5. The van der Waals surface area contributed by atoms with Gasteiger partial charge in [-0.05, 0) is 31.8 Å². The lowest BCUT2D eigenvalue weighted by molar-refractivity contribution is -0.116. The van der Waals surface area contributed by atoms with Gasteiger partial charge in [-0.25, -0.2) is 0 Å². The molecule has 1 aromatic heterocycles. The lowest BCUT2D eigenvalue weighted by Gasteiger charge is -2.07. The van der Waals surface area contributed by atoms with Gasteiger partial charge in [0.15, 0.2) is 0 Å². The summed E-state index contributed by atoms with van der Waals surface area (Å²) < 4.78 is 1.76. The molecule has 124 valence electrons. The van der Waals surface area contributed by atoms with Crippen LogP contribution in [-0.4, -0.2) is 33.4 Å². The van der Waals surface area contributed by atoms with E-state index < -0.39 is 0 Å². The Morgan fingerprint density at radius 1 is 1.50 bits per heavy atom. The fraction of sp³-hybridized carbons (Fsp3) is 0.625. The minimum Gasteiger partial charge on any atom is -0.393 e. The van der Waals surface area contributed by atoms with Crippen molar-refractivity contribution in [3.8, 4) is 0 Å². The summed E-state index contributed by atoms with van der Waals surface area (Å²) in [6.07, 6.45) is 4.02. The highest BCUT2D eigenvalue weighted by molar-refractivity contribution is 6.31. The van der Waals surface area contributed by atoms with Gasteiger partial charge < -0.3 is 10.4 Å². The smallest absolute Gasteiger partial charge is 0.244 e. The van der Waals surface area contributed by atoms with E-state index in [9.17, 15) is 9.90 Å². The van der Waals surface area contributed by atoms with Crippen molar-refractivity contribution in [3.05, 3.63) is 22.5 Å². The van der Waals surface area contributed by atoms with Crippen molar-refractivity contribution in [2.24, 2.45) is 5.92 Å². The molecular weight excluding hydrogens is 302 g/mol. The third-order valence-electron chi connectivity index (χ3n) is 3.30. The van der Waals surface area contributed by atoms with Crippen LogP contribution in [0.1, 0.15) is 44.9 Å². The maximum atomic E-state index is 11.7. The molecule has 0 aliphatic rings.